The molecular formula is C27H22N2. The molecule has 2 heteroatoms. The first-order valence-corrected chi connectivity index (χ1v) is 10.2. The lowest BCUT2D eigenvalue weighted by atomic mass is 9.63. The molecule has 2 aliphatic heterocycles. The summed E-state index contributed by atoms with van der Waals surface area (Å²) < 4.78 is 0. The average Bonchev–Trinajstić information content (AvgIpc) is 2.79. The van der Waals surface area contributed by atoms with Crippen molar-refractivity contribution in [3.63, 3.8) is 0 Å². The predicted molar refractivity (Wildman–Crippen MR) is 120 cm³/mol. The van der Waals surface area contributed by atoms with Crippen molar-refractivity contribution in [2.24, 2.45) is 4.99 Å². The third kappa shape index (κ3) is 2.26. The van der Waals surface area contributed by atoms with E-state index in [1.807, 2.05) is 0 Å². The maximum Gasteiger partial charge on any atom is 0.119 e. The summed E-state index contributed by atoms with van der Waals surface area (Å²) in [5.74, 6) is 1.18. The van der Waals surface area contributed by atoms with Gasteiger partial charge in [0.1, 0.15) is 5.84 Å². The summed E-state index contributed by atoms with van der Waals surface area (Å²) in [5.41, 5.74) is 4.97. The minimum absolute atomic E-state index is 0.154. The number of benzene rings is 4. The van der Waals surface area contributed by atoms with Gasteiger partial charge in [-0.3, -0.25) is 0 Å². The van der Waals surface area contributed by atoms with Gasteiger partial charge in [-0.2, -0.15) is 0 Å². The third-order valence-corrected chi connectivity index (χ3v) is 6.65. The molecule has 29 heavy (non-hydrogen) atoms. The molecule has 2 aliphatic rings. The first kappa shape index (κ1) is 16.6. The van der Waals surface area contributed by atoms with Crippen molar-refractivity contribution in [1.29, 1.82) is 0 Å². The van der Waals surface area contributed by atoms with E-state index in [2.05, 4.69) is 109 Å². The zero-order chi connectivity index (χ0) is 19.4. The van der Waals surface area contributed by atoms with E-state index in [-0.39, 0.29) is 11.5 Å². The van der Waals surface area contributed by atoms with E-state index in [4.69, 9.17) is 4.99 Å². The molecule has 4 aromatic rings. The summed E-state index contributed by atoms with van der Waals surface area (Å²) >= 11 is 0. The third-order valence-electron chi connectivity index (χ3n) is 6.65. The lowest BCUT2D eigenvalue weighted by Gasteiger charge is -2.59. The van der Waals surface area contributed by atoms with Crippen LogP contribution in [0.2, 0.25) is 0 Å². The van der Waals surface area contributed by atoms with Crippen LogP contribution in [-0.2, 0) is 12.0 Å². The van der Waals surface area contributed by atoms with E-state index in [9.17, 15) is 0 Å². The molecule has 0 amide bonds. The molecule has 0 N–H and O–H groups in total. The summed E-state index contributed by atoms with van der Waals surface area (Å²) in [4.78, 5) is 7.64. The standard InChI is InChI=1S/C27H22N2/c1-27(21-13-3-2-4-14-21)25(23-16-9-12-19-10-5-7-15-22(19)23)29-18-20-11-6-8-17-24(20)28-26(27)29/h2-17,25H,18H2,1H3/t25-,27+/m0/s1. The second-order valence-corrected chi connectivity index (χ2v) is 8.23. The zero-order valence-electron chi connectivity index (χ0n) is 16.4. The Morgan fingerprint density at radius 3 is 2.41 bits per heavy atom. The van der Waals surface area contributed by atoms with Crippen LogP contribution < -0.4 is 0 Å². The maximum absolute atomic E-state index is 5.14. The van der Waals surface area contributed by atoms with Crippen molar-refractivity contribution in [3.05, 3.63) is 114 Å². The van der Waals surface area contributed by atoms with Crippen LogP contribution in [0.25, 0.3) is 10.8 Å². The van der Waals surface area contributed by atoms with Gasteiger partial charge in [0.15, 0.2) is 0 Å². The van der Waals surface area contributed by atoms with Crippen LogP contribution in [0, 0.1) is 0 Å². The van der Waals surface area contributed by atoms with Gasteiger partial charge in [0, 0.05) is 6.54 Å². The van der Waals surface area contributed by atoms with Gasteiger partial charge in [-0.05, 0) is 40.5 Å². The Balaban J connectivity index is 1.60. The number of hydrogen-bond acceptors (Lipinski definition) is 2. The Hall–Kier alpha value is -3.39. The minimum Gasteiger partial charge on any atom is -0.346 e. The van der Waals surface area contributed by atoms with Gasteiger partial charge in [-0.1, -0.05) is 91.0 Å². The zero-order valence-corrected chi connectivity index (χ0v) is 16.4. The van der Waals surface area contributed by atoms with Gasteiger partial charge in [-0.15, -0.1) is 0 Å². The molecule has 0 aliphatic carbocycles. The fourth-order valence-electron chi connectivity index (χ4n) is 5.23. The fraction of sp³-hybridized carbons (Fsp3) is 0.148. The van der Waals surface area contributed by atoms with Crippen LogP contribution >= 0.6 is 0 Å². The highest BCUT2D eigenvalue weighted by Crippen LogP contribution is 2.56. The Labute approximate surface area is 171 Å². The van der Waals surface area contributed by atoms with Crippen molar-refractivity contribution < 1.29 is 0 Å². The SMILES string of the molecule is C[C@]1(c2ccccc2)C2=Nc3ccccc3CN2[C@H]1c1cccc2ccccc12. The Bertz CT molecular complexity index is 1250. The maximum atomic E-state index is 5.14. The van der Waals surface area contributed by atoms with Gasteiger partial charge < -0.3 is 4.90 Å². The Kier molecular flexibility index (Phi) is 3.45. The van der Waals surface area contributed by atoms with Gasteiger partial charge in [0.2, 0.25) is 0 Å². The van der Waals surface area contributed by atoms with E-state index in [1.165, 1.54) is 33.3 Å². The van der Waals surface area contributed by atoms with Crippen LogP contribution in [0.1, 0.15) is 29.7 Å². The lowest BCUT2D eigenvalue weighted by Crippen LogP contribution is -2.64. The number of amidine groups is 1. The molecule has 4 aromatic carbocycles. The molecule has 2 heterocycles. The molecule has 0 saturated carbocycles. The van der Waals surface area contributed by atoms with Crippen molar-refractivity contribution in [1.82, 2.24) is 4.90 Å². The smallest absolute Gasteiger partial charge is 0.119 e. The van der Waals surface area contributed by atoms with E-state index in [0.717, 1.165) is 12.2 Å². The van der Waals surface area contributed by atoms with Crippen molar-refractivity contribution in [2.75, 3.05) is 0 Å². The molecule has 0 bridgehead atoms. The molecule has 0 spiro atoms. The van der Waals surface area contributed by atoms with Crippen molar-refractivity contribution >= 4 is 22.3 Å². The topological polar surface area (TPSA) is 15.6 Å². The minimum atomic E-state index is -0.154. The summed E-state index contributed by atoms with van der Waals surface area (Å²) in [5, 5.41) is 2.63. The normalized spacial score (nSPS) is 22.4. The second-order valence-electron chi connectivity index (χ2n) is 8.23. The molecule has 2 atom stereocenters. The van der Waals surface area contributed by atoms with E-state index in [1.54, 1.807) is 0 Å². The molecule has 1 fully saturated rings. The molecular weight excluding hydrogens is 352 g/mol. The summed E-state index contributed by atoms with van der Waals surface area (Å²) in [7, 11) is 0. The van der Waals surface area contributed by atoms with Crippen molar-refractivity contribution in [3.8, 4) is 0 Å². The van der Waals surface area contributed by atoms with Gasteiger partial charge in [0.25, 0.3) is 0 Å². The first-order chi connectivity index (χ1) is 14.3. The summed E-state index contributed by atoms with van der Waals surface area (Å²) in [6, 6.07) is 35.1. The Morgan fingerprint density at radius 1 is 0.793 bits per heavy atom. The molecule has 0 aromatic heterocycles. The van der Waals surface area contributed by atoms with Crippen LogP contribution in [-0.4, -0.2) is 10.7 Å². The quantitative estimate of drug-likeness (QED) is 0.396. The monoisotopic (exact) mass is 374 g/mol. The summed E-state index contributed by atoms with van der Waals surface area (Å²) in [6.07, 6.45) is 0. The number of aliphatic imine (C=N–C) groups is 1. The summed E-state index contributed by atoms with van der Waals surface area (Å²) in [6.45, 7) is 3.27. The van der Waals surface area contributed by atoms with Crippen LogP contribution in [0.4, 0.5) is 5.69 Å². The van der Waals surface area contributed by atoms with Gasteiger partial charge in [-0.25, -0.2) is 4.99 Å². The number of nitrogens with zero attached hydrogens (tertiary/aromatic N) is 2. The van der Waals surface area contributed by atoms with Crippen LogP contribution in [0.3, 0.4) is 0 Å². The van der Waals surface area contributed by atoms with Crippen LogP contribution in [0.15, 0.2) is 102 Å². The van der Waals surface area contributed by atoms with E-state index >= 15 is 0 Å². The van der Waals surface area contributed by atoms with Gasteiger partial charge >= 0.3 is 0 Å². The molecule has 1 saturated heterocycles. The van der Waals surface area contributed by atoms with Crippen molar-refractivity contribution in [2.45, 2.75) is 24.9 Å². The largest absolute Gasteiger partial charge is 0.346 e. The average molecular weight is 374 g/mol. The first-order valence-electron chi connectivity index (χ1n) is 10.2. The highest BCUT2D eigenvalue weighted by molar-refractivity contribution is 6.04. The van der Waals surface area contributed by atoms with E-state index < -0.39 is 0 Å². The fourth-order valence-corrected chi connectivity index (χ4v) is 5.23. The number of hydrogen-bond donors (Lipinski definition) is 0. The lowest BCUT2D eigenvalue weighted by molar-refractivity contribution is 0.145. The Morgan fingerprint density at radius 2 is 1.52 bits per heavy atom. The van der Waals surface area contributed by atoms with Gasteiger partial charge in [0.05, 0.1) is 17.1 Å². The van der Waals surface area contributed by atoms with E-state index in [0.29, 0.717) is 0 Å². The molecule has 0 unspecified atom stereocenters. The predicted octanol–water partition coefficient (Wildman–Crippen LogP) is 6.40. The molecule has 2 nitrogen and oxygen atoms in total. The highest BCUT2D eigenvalue weighted by atomic mass is 15.3. The second kappa shape index (κ2) is 6.05. The number of fused-ring (bicyclic) bond motifs is 3. The van der Waals surface area contributed by atoms with Crippen LogP contribution in [0.5, 0.6) is 0 Å². The molecule has 0 radical (unpaired) electrons. The molecule has 140 valence electrons. The number of rotatable bonds is 2. The molecule has 6 rings (SSSR count). The number of para-hydroxylation sites is 1. The highest BCUT2D eigenvalue weighted by Gasteiger charge is 2.57.